The Morgan fingerprint density at radius 1 is 1.24 bits per heavy atom. The molecule has 1 aromatic rings. The van der Waals surface area contributed by atoms with Crippen molar-refractivity contribution in [2.24, 2.45) is 0 Å². The van der Waals surface area contributed by atoms with E-state index in [0.717, 1.165) is 38.3 Å². The number of anilines is 1. The maximum atomic E-state index is 11.1. The van der Waals surface area contributed by atoms with Gasteiger partial charge in [0.1, 0.15) is 0 Å². The second-order valence-electron chi connectivity index (χ2n) is 5.72. The van der Waals surface area contributed by atoms with Crippen LogP contribution in [-0.2, 0) is 0 Å². The summed E-state index contributed by atoms with van der Waals surface area (Å²) < 4.78 is 5.61. The molecule has 0 bridgehead atoms. The van der Waals surface area contributed by atoms with Gasteiger partial charge in [0.25, 0.3) is 0 Å². The molecule has 2 rings (SSSR count). The van der Waals surface area contributed by atoms with Crippen LogP contribution in [0, 0.1) is 10.1 Å². The first-order valence-electron chi connectivity index (χ1n) is 7.36. The molecule has 21 heavy (non-hydrogen) atoms. The Kier molecular flexibility index (Phi) is 5.01. The van der Waals surface area contributed by atoms with Gasteiger partial charge in [-0.1, -0.05) is 0 Å². The van der Waals surface area contributed by atoms with Gasteiger partial charge < -0.3 is 14.5 Å². The van der Waals surface area contributed by atoms with Gasteiger partial charge in [0.2, 0.25) is 0 Å². The molecule has 1 saturated heterocycles. The van der Waals surface area contributed by atoms with Crippen molar-refractivity contribution in [1.82, 2.24) is 4.90 Å². The molecule has 1 aliphatic rings. The fraction of sp³-hybridized carbons (Fsp3) is 0.600. The van der Waals surface area contributed by atoms with Gasteiger partial charge in [-0.05, 0) is 39.9 Å². The van der Waals surface area contributed by atoms with E-state index in [0.29, 0.717) is 5.75 Å². The summed E-state index contributed by atoms with van der Waals surface area (Å²) in [7, 11) is 2.12. The smallest absolute Gasteiger partial charge is 0.311 e. The van der Waals surface area contributed by atoms with Crippen LogP contribution in [0.2, 0.25) is 0 Å². The summed E-state index contributed by atoms with van der Waals surface area (Å²) in [6.45, 7) is 7.71. The van der Waals surface area contributed by atoms with Crippen molar-refractivity contribution in [1.29, 1.82) is 0 Å². The minimum Gasteiger partial charge on any atom is -0.484 e. The van der Waals surface area contributed by atoms with E-state index in [-0.39, 0.29) is 11.8 Å². The fourth-order valence-electron chi connectivity index (χ4n) is 2.50. The molecule has 0 N–H and O–H groups in total. The lowest BCUT2D eigenvalue weighted by Crippen LogP contribution is -2.28. The molecular formula is C15H23N3O3. The van der Waals surface area contributed by atoms with E-state index in [4.69, 9.17) is 4.74 Å². The number of hydrogen-bond acceptors (Lipinski definition) is 5. The molecule has 6 heteroatoms. The van der Waals surface area contributed by atoms with Crippen molar-refractivity contribution in [2.75, 3.05) is 38.1 Å². The maximum absolute atomic E-state index is 11.1. The molecule has 6 nitrogen and oxygen atoms in total. The van der Waals surface area contributed by atoms with Crippen LogP contribution < -0.4 is 9.64 Å². The number of rotatable bonds is 4. The Morgan fingerprint density at radius 3 is 2.67 bits per heavy atom. The first-order chi connectivity index (χ1) is 9.97. The number of likely N-dealkylation sites (N-methyl/N-ethyl adjacent to an activating group) is 1. The van der Waals surface area contributed by atoms with Crippen LogP contribution in [0.5, 0.6) is 5.75 Å². The molecule has 1 fully saturated rings. The normalized spacial score (nSPS) is 16.9. The van der Waals surface area contributed by atoms with Crippen molar-refractivity contribution >= 4 is 11.4 Å². The quantitative estimate of drug-likeness (QED) is 0.630. The molecule has 1 heterocycles. The molecule has 0 atom stereocenters. The topological polar surface area (TPSA) is 58.8 Å². The maximum Gasteiger partial charge on any atom is 0.311 e. The number of benzene rings is 1. The summed E-state index contributed by atoms with van der Waals surface area (Å²) >= 11 is 0. The third-order valence-electron chi connectivity index (χ3n) is 3.59. The predicted molar refractivity (Wildman–Crippen MR) is 83.2 cm³/mol. The first-order valence-corrected chi connectivity index (χ1v) is 7.36. The lowest BCUT2D eigenvalue weighted by atomic mass is 10.2. The molecule has 0 aliphatic carbocycles. The number of hydrogen-bond donors (Lipinski definition) is 0. The van der Waals surface area contributed by atoms with Crippen molar-refractivity contribution < 1.29 is 9.66 Å². The highest BCUT2D eigenvalue weighted by atomic mass is 16.6. The van der Waals surface area contributed by atoms with Crippen LogP contribution in [0.4, 0.5) is 11.4 Å². The third kappa shape index (κ3) is 4.07. The van der Waals surface area contributed by atoms with Crippen LogP contribution in [0.1, 0.15) is 20.3 Å². The third-order valence-corrected chi connectivity index (χ3v) is 3.59. The minimum atomic E-state index is -0.391. The highest BCUT2D eigenvalue weighted by Gasteiger charge is 2.20. The van der Waals surface area contributed by atoms with E-state index in [1.165, 1.54) is 0 Å². The molecule has 0 unspecified atom stereocenters. The van der Waals surface area contributed by atoms with Gasteiger partial charge >= 0.3 is 5.69 Å². The lowest BCUT2D eigenvalue weighted by Gasteiger charge is -2.23. The van der Waals surface area contributed by atoms with Crippen molar-refractivity contribution in [2.45, 2.75) is 26.4 Å². The second kappa shape index (κ2) is 6.76. The van der Waals surface area contributed by atoms with Gasteiger partial charge in [-0.2, -0.15) is 0 Å². The second-order valence-corrected chi connectivity index (χ2v) is 5.72. The van der Waals surface area contributed by atoms with Gasteiger partial charge in [0.05, 0.1) is 11.0 Å². The van der Waals surface area contributed by atoms with Crippen molar-refractivity contribution in [3.8, 4) is 5.75 Å². The molecule has 1 aromatic carbocycles. The zero-order valence-corrected chi connectivity index (χ0v) is 12.9. The van der Waals surface area contributed by atoms with Crippen molar-refractivity contribution in [3.05, 3.63) is 28.3 Å². The van der Waals surface area contributed by atoms with Gasteiger partial charge in [0.15, 0.2) is 5.75 Å². The first kappa shape index (κ1) is 15.6. The summed E-state index contributed by atoms with van der Waals surface area (Å²) in [5.41, 5.74) is 1.02. The van der Waals surface area contributed by atoms with Crippen LogP contribution in [0.25, 0.3) is 0 Å². The lowest BCUT2D eigenvalue weighted by molar-refractivity contribution is -0.386. The monoisotopic (exact) mass is 293 g/mol. The van der Waals surface area contributed by atoms with E-state index in [2.05, 4.69) is 16.8 Å². The van der Waals surface area contributed by atoms with Gasteiger partial charge in [-0.25, -0.2) is 0 Å². The Labute approximate surface area is 125 Å². The zero-order valence-electron chi connectivity index (χ0n) is 12.9. The molecule has 0 radical (unpaired) electrons. The summed E-state index contributed by atoms with van der Waals surface area (Å²) in [5, 5.41) is 11.1. The Balaban J connectivity index is 2.25. The highest BCUT2D eigenvalue weighted by molar-refractivity contribution is 5.59. The largest absolute Gasteiger partial charge is 0.484 e. The molecular weight excluding hydrogens is 270 g/mol. The Morgan fingerprint density at radius 2 is 2.00 bits per heavy atom. The Bertz CT molecular complexity index is 505. The van der Waals surface area contributed by atoms with Crippen LogP contribution in [0.3, 0.4) is 0 Å². The van der Waals surface area contributed by atoms with Gasteiger partial charge in [0, 0.05) is 37.5 Å². The average molecular weight is 293 g/mol. The molecule has 1 aliphatic heterocycles. The number of nitro benzene ring substituents is 1. The van der Waals surface area contributed by atoms with E-state index in [1.54, 1.807) is 12.1 Å². The fourth-order valence-corrected chi connectivity index (χ4v) is 2.50. The number of ether oxygens (including phenoxy) is 1. The summed E-state index contributed by atoms with van der Waals surface area (Å²) in [4.78, 5) is 15.3. The van der Waals surface area contributed by atoms with Gasteiger partial charge in [-0.3, -0.25) is 10.1 Å². The average Bonchev–Trinajstić information content (AvgIpc) is 2.62. The number of nitrogens with zero attached hydrogens (tertiary/aromatic N) is 3. The highest BCUT2D eigenvalue weighted by Crippen LogP contribution is 2.32. The minimum absolute atomic E-state index is 0.0272. The molecule has 0 saturated carbocycles. The zero-order chi connectivity index (χ0) is 15.4. The summed E-state index contributed by atoms with van der Waals surface area (Å²) in [6.07, 6.45) is 1.00. The molecule has 116 valence electrons. The molecule has 0 spiro atoms. The summed E-state index contributed by atoms with van der Waals surface area (Å²) in [6, 6.07) is 5.15. The number of nitro groups is 1. The molecule has 0 amide bonds. The summed E-state index contributed by atoms with van der Waals surface area (Å²) in [5.74, 6) is 0.352. The standard InChI is InChI=1S/C15H23N3O3/c1-12(2)21-15-11-13(5-6-14(15)18(19)20)17-8-4-7-16(3)9-10-17/h5-6,11-12H,4,7-10H2,1-3H3. The Hall–Kier alpha value is -1.82. The van der Waals surface area contributed by atoms with Crippen LogP contribution in [-0.4, -0.2) is 49.2 Å². The van der Waals surface area contributed by atoms with Crippen LogP contribution in [0.15, 0.2) is 18.2 Å². The van der Waals surface area contributed by atoms with Crippen molar-refractivity contribution in [3.63, 3.8) is 0 Å². The van der Waals surface area contributed by atoms with Crippen LogP contribution >= 0.6 is 0 Å². The van der Waals surface area contributed by atoms with E-state index in [1.807, 2.05) is 19.9 Å². The predicted octanol–water partition coefficient (Wildman–Crippen LogP) is 2.52. The van der Waals surface area contributed by atoms with E-state index < -0.39 is 4.92 Å². The van der Waals surface area contributed by atoms with Gasteiger partial charge in [-0.15, -0.1) is 0 Å². The SMILES string of the molecule is CC(C)Oc1cc(N2CCCN(C)CC2)ccc1[N+](=O)[O-]. The van der Waals surface area contributed by atoms with E-state index >= 15 is 0 Å². The molecule has 0 aromatic heterocycles. The van der Waals surface area contributed by atoms with E-state index in [9.17, 15) is 10.1 Å².